The van der Waals surface area contributed by atoms with Gasteiger partial charge in [0.1, 0.15) is 5.75 Å². The van der Waals surface area contributed by atoms with E-state index >= 15 is 0 Å². The lowest BCUT2D eigenvalue weighted by Gasteiger charge is -2.16. The Bertz CT molecular complexity index is 1120. The van der Waals surface area contributed by atoms with E-state index in [0.29, 0.717) is 47.9 Å². The molecular weight excluding hydrogens is 472 g/mol. The standard InChI is InChI=1S/C25H28N2O7S/c1-5-31-20-12-17(13-21(32-6-2)23(20)33-7-3)24(29)34-14-22(28)27-25-26-19(15-35-25)16-8-10-18(30-4)11-9-16/h8-13,15H,5-7,14H2,1-4H3,(H,26,27,28). The Morgan fingerprint density at radius 3 is 2.14 bits per heavy atom. The number of nitrogens with zero attached hydrogens (tertiary/aromatic N) is 1. The third-order valence-electron chi connectivity index (χ3n) is 4.62. The van der Waals surface area contributed by atoms with E-state index in [1.165, 1.54) is 23.5 Å². The Morgan fingerprint density at radius 1 is 0.943 bits per heavy atom. The number of carbonyl (C=O) groups is 2. The minimum Gasteiger partial charge on any atom is -0.497 e. The number of thiazole rings is 1. The predicted molar refractivity (Wildman–Crippen MR) is 133 cm³/mol. The Balaban J connectivity index is 1.63. The van der Waals surface area contributed by atoms with Crippen LogP contribution >= 0.6 is 11.3 Å². The molecule has 35 heavy (non-hydrogen) atoms. The van der Waals surface area contributed by atoms with Crippen LogP contribution in [0.5, 0.6) is 23.0 Å². The van der Waals surface area contributed by atoms with Crippen molar-refractivity contribution in [2.24, 2.45) is 0 Å². The first-order valence-electron chi connectivity index (χ1n) is 11.1. The van der Waals surface area contributed by atoms with E-state index in [9.17, 15) is 9.59 Å². The molecule has 3 rings (SSSR count). The van der Waals surface area contributed by atoms with Gasteiger partial charge in [0.25, 0.3) is 5.91 Å². The number of rotatable bonds is 12. The zero-order valence-corrected chi connectivity index (χ0v) is 20.9. The van der Waals surface area contributed by atoms with Gasteiger partial charge in [-0.05, 0) is 57.2 Å². The minimum atomic E-state index is -0.692. The van der Waals surface area contributed by atoms with Gasteiger partial charge in [0, 0.05) is 10.9 Å². The van der Waals surface area contributed by atoms with Gasteiger partial charge in [-0.2, -0.15) is 0 Å². The van der Waals surface area contributed by atoms with Gasteiger partial charge in [0.15, 0.2) is 23.2 Å². The molecule has 0 aliphatic carbocycles. The quantitative estimate of drug-likeness (QED) is 0.353. The molecule has 0 saturated heterocycles. The van der Waals surface area contributed by atoms with Crippen LogP contribution in [0.1, 0.15) is 31.1 Å². The van der Waals surface area contributed by atoms with Crippen LogP contribution in [0.4, 0.5) is 5.13 Å². The molecule has 0 aliphatic rings. The molecule has 10 heteroatoms. The Labute approximate surface area is 207 Å². The molecule has 0 saturated carbocycles. The summed E-state index contributed by atoms with van der Waals surface area (Å²) >= 11 is 1.27. The molecule has 1 amide bonds. The number of ether oxygens (including phenoxy) is 5. The van der Waals surface area contributed by atoms with Gasteiger partial charge in [-0.25, -0.2) is 9.78 Å². The Kier molecular flexibility index (Phi) is 9.31. The third kappa shape index (κ3) is 6.86. The van der Waals surface area contributed by atoms with Crippen LogP contribution in [0.15, 0.2) is 41.8 Å². The van der Waals surface area contributed by atoms with Gasteiger partial charge < -0.3 is 23.7 Å². The third-order valence-corrected chi connectivity index (χ3v) is 5.37. The van der Waals surface area contributed by atoms with Crippen LogP contribution in [0, 0.1) is 0 Å². The Morgan fingerprint density at radius 2 is 1.57 bits per heavy atom. The van der Waals surface area contributed by atoms with Crippen molar-refractivity contribution in [3.8, 4) is 34.3 Å². The molecule has 3 aromatic rings. The molecule has 1 N–H and O–H groups in total. The number of amides is 1. The number of nitrogens with one attached hydrogen (secondary N) is 1. The van der Waals surface area contributed by atoms with Gasteiger partial charge in [-0.3, -0.25) is 10.1 Å². The number of anilines is 1. The molecule has 1 aromatic heterocycles. The summed E-state index contributed by atoms with van der Waals surface area (Å²) in [6, 6.07) is 10.5. The first-order chi connectivity index (χ1) is 17.0. The van der Waals surface area contributed by atoms with E-state index in [4.69, 9.17) is 23.7 Å². The van der Waals surface area contributed by atoms with Crippen molar-refractivity contribution < 1.29 is 33.3 Å². The molecule has 186 valence electrons. The highest BCUT2D eigenvalue weighted by Crippen LogP contribution is 2.39. The van der Waals surface area contributed by atoms with Crippen LogP contribution in [0.2, 0.25) is 0 Å². The maximum atomic E-state index is 12.6. The molecule has 0 bridgehead atoms. The van der Waals surface area contributed by atoms with Crippen molar-refractivity contribution in [1.82, 2.24) is 4.98 Å². The molecule has 0 fully saturated rings. The molecule has 0 atom stereocenters. The van der Waals surface area contributed by atoms with Gasteiger partial charge >= 0.3 is 5.97 Å². The lowest BCUT2D eigenvalue weighted by Crippen LogP contribution is -2.21. The second-order valence-electron chi connectivity index (χ2n) is 6.99. The first kappa shape index (κ1) is 25.8. The fraction of sp³-hybridized carbons (Fsp3) is 0.320. The number of esters is 1. The zero-order valence-electron chi connectivity index (χ0n) is 20.1. The average molecular weight is 501 g/mol. The summed E-state index contributed by atoms with van der Waals surface area (Å²) in [5.41, 5.74) is 1.79. The van der Waals surface area contributed by atoms with Gasteiger partial charge in [-0.15, -0.1) is 11.3 Å². The highest BCUT2D eigenvalue weighted by Gasteiger charge is 2.20. The van der Waals surface area contributed by atoms with Gasteiger partial charge in [0.05, 0.1) is 38.2 Å². The molecule has 0 radical (unpaired) electrons. The van der Waals surface area contributed by atoms with E-state index in [2.05, 4.69) is 10.3 Å². The largest absolute Gasteiger partial charge is 0.497 e. The van der Waals surface area contributed by atoms with Crippen molar-refractivity contribution in [3.05, 3.63) is 47.3 Å². The second kappa shape index (κ2) is 12.6. The summed E-state index contributed by atoms with van der Waals surface area (Å²) in [6.45, 7) is 6.17. The number of aromatic nitrogens is 1. The summed E-state index contributed by atoms with van der Waals surface area (Å²) in [7, 11) is 1.60. The predicted octanol–water partition coefficient (Wildman–Crippen LogP) is 4.81. The van der Waals surface area contributed by atoms with Crippen LogP contribution in [-0.2, 0) is 9.53 Å². The van der Waals surface area contributed by atoms with Crippen molar-refractivity contribution >= 4 is 28.3 Å². The number of carbonyl (C=O) groups excluding carboxylic acids is 2. The maximum absolute atomic E-state index is 12.6. The van der Waals surface area contributed by atoms with Crippen LogP contribution in [0.3, 0.4) is 0 Å². The van der Waals surface area contributed by atoms with Crippen LogP contribution < -0.4 is 24.3 Å². The monoisotopic (exact) mass is 500 g/mol. The molecule has 9 nitrogen and oxygen atoms in total. The molecule has 1 heterocycles. The summed E-state index contributed by atoms with van der Waals surface area (Å²) in [5.74, 6) is 0.699. The number of methoxy groups -OCH3 is 1. The second-order valence-corrected chi connectivity index (χ2v) is 7.85. The van der Waals surface area contributed by atoms with Crippen LogP contribution in [-0.4, -0.2) is 50.4 Å². The highest BCUT2D eigenvalue weighted by molar-refractivity contribution is 7.14. The zero-order chi connectivity index (χ0) is 25.2. The first-order valence-corrected chi connectivity index (χ1v) is 12.0. The van der Waals surface area contributed by atoms with E-state index < -0.39 is 18.5 Å². The van der Waals surface area contributed by atoms with Crippen molar-refractivity contribution in [3.63, 3.8) is 0 Å². The van der Waals surface area contributed by atoms with Gasteiger partial charge in [0.2, 0.25) is 5.75 Å². The van der Waals surface area contributed by atoms with Crippen LogP contribution in [0.25, 0.3) is 11.3 Å². The topological polar surface area (TPSA) is 105 Å². The summed E-state index contributed by atoms with van der Waals surface area (Å²) in [6.07, 6.45) is 0. The van der Waals surface area contributed by atoms with E-state index in [-0.39, 0.29) is 5.56 Å². The maximum Gasteiger partial charge on any atom is 0.338 e. The number of hydrogen-bond acceptors (Lipinski definition) is 9. The van der Waals surface area contributed by atoms with E-state index in [1.807, 2.05) is 50.4 Å². The minimum absolute atomic E-state index is 0.184. The smallest absolute Gasteiger partial charge is 0.338 e. The lowest BCUT2D eigenvalue weighted by atomic mass is 10.2. The van der Waals surface area contributed by atoms with E-state index in [1.54, 1.807) is 7.11 Å². The fourth-order valence-corrected chi connectivity index (χ4v) is 3.84. The SMILES string of the molecule is CCOc1cc(C(=O)OCC(=O)Nc2nc(-c3ccc(OC)cc3)cs2)cc(OCC)c1OCC. The molecule has 0 unspecified atom stereocenters. The average Bonchev–Trinajstić information content (AvgIpc) is 3.33. The lowest BCUT2D eigenvalue weighted by molar-refractivity contribution is -0.119. The van der Waals surface area contributed by atoms with Crippen molar-refractivity contribution in [2.45, 2.75) is 20.8 Å². The normalized spacial score (nSPS) is 10.4. The molecule has 2 aromatic carbocycles. The Hall–Kier alpha value is -3.79. The van der Waals surface area contributed by atoms with E-state index in [0.717, 1.165) is 11.3 Å². The van der Waals surface area contributed by atoms with Crippen molar-refractivity contribution in [1.29, 1.82) is 0 Å². The number of hydrogen-bond donors (Lipinski definition) is 1. The fourth-order valence-electron chi connectivity index (χ4n) is 3.10. The molecule has 0 spiro atoms. The summed E-state index contributed by atoms with van der Waals surface area (Å²) < 4.78 is 27.2. The number of benzene rings is 2. The molecular formula is C25H28N2O7S. The molecule has 0 aliphatic heterocycles. The van der Waals surface area contributed by atoms with Gasteiger partial charge in [-0.1, -0.05) is 0 Å². The van der Waals surface area contributed by atoms with Crippen molar-refractivity contribution in [2.75, 3.05) is 38.9 Å². The highest BCUT2D eigenvalue weighted by atomic mass is 32.1. The summed E-state index contributed by atoms with van der Waals surface area (Å²) in [4.78, 5) is 29.4. The summed E-state index contributed by atoms with van der Waals surface area (Å²) in [5, 5.41) is 4.87.